The summed E-state index contributed by atoms with van der Waals surface area (Å²) < 4.78 is 10.9. The lowest BCUT2D eigenvalue weighted by molar-refractivity contribution is -0.139. The molecule has 0 saturated heterocycles. The number of hydrogen-bond acceptors (Lipinski definition) is 4. The van der Waals surface area contributed by atoms with Crippen molar-refractivity contribution in [1.82, 2.24) is 5.32 Å². The van der Waals surface area contributed by atoms with E-state index in [2.05, 4.69) is 5.32 Å². The van der Waals surface area contributed by atoms with Crippen LogP contribution in [0.3, 0.4) is 0 Å². The van der Waals surface area contributed by atoms with Gasteiger partial charge in [-0.2, -0.15) is 0 Å². The molecule has 0 radical (unpaired) electrons. The number of carboxylic acid groups (broad SMARTS) is 1. The van der Waals surface area contributed by atoms with Crippen molar-refractivity contribution >= 4 is 12.1 Å². The van der Waals surface area contributed by atoms with Crippen LogP contribution in [0.4, 0.5) is 4.79 Å². The molecule has 0 aromatic carbocycles. The molecular weight excluding hydrogens is 274 g/mol. The molecule has 0 fully saturated rings. The van der Waals surface area contributed by atoms with Crippen LogP contribution in [0.15, 0.2) is 0 Å². The molecule has 1 amide bonds. The maximum atomic E-state index is 11.7. The number of alkyl carbamates (subject to hydrolysis) is 1. The van der Waals surface area contributed by atoms with Crippen molar-refractivity contribution in [3.05, 3.63) is 0 Å². The summed E-state index contributed by atoms with van der Waals surface area (Å²) in [6.45, 7) is 13.0. The van der Waals surface area contributed by atoms with Gasteiger partial charge >= 0.3 is 12.1 Å². The minimum atomic E-state index is -0.849. The Hall–Kier alpha value is -1.30. The van der Waals surface area contributed by atoms with E-state index >= 15 is 0 Å². The third-order valence-electron chi connectivity index (χ3n) is 2.60. The maximum Gasteiger partial charge on any atom is 0.408 e. The second-order valence-electron chi connectivity index (χ2n) is 7.45. The van der Waals surface area contributed by atoms with Gasteiger partial charge in [-0.25, -0.2) is 4.79 Å². The fourth-order valence-corrected chi connectivity index (χ4v) is 1.47. The van der Waals surface area contributed by atoms with E-state index in [1.165, 1.54) is 0 Å². The van der Waals surface area contributed by atoms with Crippen LogP contribution in [-0.4, -0.2) is 40.5 Å². The van der Waals surface area contributed by atoms with Crippen LogP contribution in [0, 0.1) is 0 Å². The molecule has 124 valence electrons. The van der Waals surface area contributed by atoms with Gasteiger partial charge in [0.25, 0.3) is 0 Å². The average molecular weight is 303 g/mol. The maximum absolute atomic E-state index is 11.7. The van der Waals surface area contributed by atoms with Crippen LogP contribution < -0.4 is 5.32 Å². The predicted octanol–water partition coefficient (Wildman–Crippen LogP) is 2.95. The van der Waals surface area contributed by atoms with Gasteiger partial charge in [-0.15, -0.1) is 0 Å². The highest BCUT2D eigenvalue weighted by molar-refractivity contribution is 5.68. The van der Waals surface area contributed by atoms with E-state index in [0.717, 1.165) is 0 Å². The smallest absolute Gasteiger partial charge is 0.408 e. The van der Waals surface area contributed by atoms with Crippen LogP contribution in [0.25, 0.3) is 0 Å². The number of carbonyl (C=O) groups is 2. The normalized spacial score (nSPS) is 12.9. The molecule has 0 aliphatic carbocycles. The summed E-state index contributed by atoms with van der Waals surface area (Å²) in [5.74, 6) is -0.849. The first kappa shape index (κ1) is 19.7. The second kappa shape index (κ2) is 7.11. The summed E-state index contributed by atoms with van der Waals surface area (Å²) in [6, 6.07) is 0. The SMILES string of the molecule is CC(C)(COC(C)(C)CCC(=O)O)NC(=O)OC(C)(C)C. The molecule has 0 aromatic heterocycles. The molecule has 0 rings (SSSR count). The highest BCUT2D eigenvalue weighted by atomic mass is 16.6. The highest BCUT2D eigenvalue weighted by Gasteiger charge is 2.28. The quantitative estimate of drug-likeness (QED) is 0.755. The third-order valence-corrected chi connectivity index (χ3v) is 2.60. The van der Waals surface area contributed by atoms with Crippen LogP contribution in [-0.2, 0) is 14.3 Å². The monoisotopic (exact) mass is 303 g/mol. The molecule has 6 heteroatoms. The van der Waals surface area contributed by atoms with Gasteiger partial charge in [-0.1, -0.05) is 0 Å². The van der Waals surface area contributed by atoms with Gasteiger partial charge in [0.05, 0.1) is 17.7 Å². The van der Waals surface area contributed by atoms with Gasteiger partial charge in [0.15, 0.2) is 0 Å². The zero-order valence-corrected chi connectivity index (χ0v) is 14.2. The number of ether oxygens (including phenoxy) is 2. The molecule has 0 saturated carbocycles. The number of nitrogens with one attached hydrogen (secondary N) is 1. The van der Waals surface area contributed by atoms with Crippen molar-refractivity contribution in [3.63, 3.8) is 0 Å². The molecular formula is C15H29NO5. The first-order valence-corrected chi connectivity index (χ1v) is 7.09. The number of hydrogen-bond donors (Lipinski definition) is 2. The summed E-state index contributed by atoms with van der Waals surface area (Å²) >= 11 is 0. The van der Waals surface area contributed by atoms with E-state index in [1.807, 2.05) is 27.7 Å². The Morgan fingerprint density at radius 3 is 2.00 bits per heavy atom. The lowest BCUT2D eigenvalue weighted by Crippen LogP contribution is -2.50. The van der Waals surface area contributed by atoms with Crippen molar-refractivity contribution in [1.29, 1.82) is 0 Å². The molecule has 0 aromatic rings. The van der Waals surface area contributed by atoms with Gasteiger partial charge in [0.2, 0.25) is 0 Å². The zero-order valence-electron chi connectivity index (χ0n) is 14.2. The topological polar surface area (TPSA) is 84.9 Å². The fourth-order valence-electron chi connectivity index (χ4n) is 1.47. The molecule has 0 atom stereocenters. The fraction of sp³-hybridized carbons (Fsp3) is 0.867. The van der Waals surface area contributed by atoms with Crippen molar-refractivity contribution in [2.45, 2.75) is 78.0 Å². The van der Waals surface area contributed by atoms with E-state index in [-0.39, 0.29) is 13.0 Å². The second-order valence-corrected chi connectivity index (χ2v) is 7.45. The molecule has 0 aliphatic heterocycles. The Kier molecular flexibility index (Phi) is 6.67. The van der Waals surface area contributed by atoms with Crippen LogP contribution in [0.1, 0.15) is 61.3 Å². The Bertz CT molecular complexity index is 369. The van der Waals surface area contributed by atoms with E-state index in [1.54, 1.807) is 20.8 Å². The van der Waals surface area contributed by atoms with Crippen LogP contribution >= 0.6 is 0 Å². The minimum absolute atomic E-state index is 0.0485. The molecule has 0 bridgehead atoms. The molecule has 0 aliphatic rings. The average Bonchev–Trinajstić information content (AvgIpc) is 2.21. The van der Waals surface area contributed by atoms with Crippen molar-refractivity contribution in [3.8, 4) is 0 Å². The number of carbonyl (C=O) groups excluding carboxylic acids is 1. The van der Waals surface area contributed by atoms with Gasteiger partial charge < -0.3 is 19.9 Å². The standard InChI is InChI=1S/C15H29NO5/c1-13(2,3)21-12(19)16-14(4,5)10-20-15(6,7)9-8-11(17)18/h8-10H2,1-7H3,(H,16,19)(H,17,18). The largest absolute Gasteiger partial charge is 0.481 e. The summed E-state index contributed by atoms with van der Waals surface area (Å²) in [5, 5.41) is 11.5. The molecule has 21 heavy (non-hydrogen) atoms. The van der Waals surface area contributed by atoms with E-state index < -0.39 is 28.8 Å². The Labute approximate surface area is 127 Å². The highest BCUT2D eigenvalue weighted by Crippen LogP contribution is 2.19. The van der Waals surface area contributed by atoms with Crippen molar-refractivity contribution < 1.29 is 24.2 Å². The lowest BCUT2D eigenvalue weighted by Gasteiger charge is -2.33. The minimum Gasteiger partial charge on any atom is -0.481 e. The van der Waals surface area contributed by atoms with Crippen molar-refractivity contribution in [2.75, 3.05) is 6.61 Å². The first-order chi connectivity index (χ1) is 9.22. The summed E-state index contributed by atoms with van der Waals surface area (Å²) in [6.07, 6.45) is -0.0444. The third kappa shape index (κ3) is 11.1. The van der Waals surface area contributed by atoms with E-state index in [9.17, 15) is 9.59 Å². The number of aliphatic carboxylic acids is 1. The Morgan fingerprint density at radius 1 is 1.05 bits per heavy atom. The van der Waals surface area contributed by atoms with Crippen molar-refractivity contribution in [2.24, 2.45) is 0 Å². The summed E-state index contributed by atoms with van der Waals surface area (Å²) in [4.78, 5) is 22.3. The lowest BCUT2D eigenvalue weighted by atomic mass is 10.0. The van der Waals surface area contributed by atoms with E-state index in [4.69, 9.17) is 14.6 Å². The number of rotatable bonds is 7. The molecule has 0 unspecified atom stereocenters. The van der Waals surface area contributed by atoms with Gasteiger partial charge in [0.1, 0.15) is 5.60 Å². The molecule has 2 N–H and O–H groups in total. The Balaban J connectivity index is 4.34. The number of carboxylic acids is 1. The summed E-state index contributed by atoms with van der Waals surface area (Å²) in [5.41, 5.74) is -1.73. The van der Waals surface area contributed by atoms with Gasteiger partial charge in [-0.3, -0.25) is 4.79 Å². The molecule has 6 nitrogen and oxygen atoms in total. The van der Waals surface area contributed by atoms with Gasteiger partial charge in [0, 0.05) is 6.42 Å². The predicted molar refractivity (Wildman–Crippen MR) is 80.3 cm³/mol. The number of amides is 1. The molecule has 0 spiro atoms. The first-order valence-electron chi connectivity index (χ1n) is 7.09. The van der Waals surface area contributed by atoms with Crippen LogP contribution in [0.2, 0.25) is 0 Å². The van der Waals surface area contributed by atoms with Gasteiger partial charge in [-0.05, 0) is 54.9 Å². The van der Waals surface area contributed by atoms with E-state index in [0.29, 0.717) is 6.42 Å². The summed E-state index contributed by atoms with van der Waals surface area (Å²) in [7, 11) is 0. The molecule has 0 heterocycles. The zero-order chi connectivity index (χ0) is 16.9. The van der Waals surface area contributed by atoms with Crippen LogP contribution in [0.5, 0.6) is 0 Å². The Morgan fingerprint density at radius 2 is 1.57 bits per heavy atom.